The van der Waals surface area contributed by atoms with Crippen LogP contribution < -0.4 is 9.47 Å². The summed E-state index contributed by atoms with van der Waals surface area (Å²) >= 11 is 0. The third-order valence-corrected chi connectivity index (χ3v) is 5.14. The zero-order valence-electron chi connectivity index (χ0n) is 17.6. The zero-order chi connectivity index (χ0) is 22.5. The molecule has 1 amide bonds. The van der Waals surface area contributed by atoms with Crippen molar-refractivity contribution in [1.29, 1.82) is 0 Å². The molecule has 1 aliphatic heterocycles. The van der Waals surface area contributed by atoms with Crippen molar-refractivity contribution in [3.63, 3.8) is 0 Å². The Morgan fingerprint density at radius 3 is 2.39 bits per heavy atom. The quantitative estimate of drug-likeness (QED) is 0.300. The number of halogens is 1. The fraction of sp³-hybridized carbons (Fsp3) is 0.304. The summed E-state index contributed by atoms with van der Waals surface area (Å²) in [5.41, 5.74) is 0.662. The van der Waals surface area contributed by atoms with Gasteiger partial charge in [-0.1, -0.05) is 12.1 Å². The van der Waals surface area contributed by atoms with Crippen molar-refractivity contribution in [1.82, 2.24) is 4.90 Å². The largest absolute Gasteiger partial charge is 0.507 e. The van der Waals surface area contributed by atoms with Gasteiger partial charge in [-0.2, -0.15) is 0 Å². The predicted molar refractivity (Wildman–Crippen MR) is 111 cm³/mol. The number of rotatable bonds is 8. The monoisotopic (exact) mass is 429 g/mol. The Kier molecular flexibility index (Phi) is 6.91. The molecule has 1 aliphatic rings. The maximum absolute atomic E-state index is 13.5. The molecule has 164 valence electrons. The van der Waals surface area contributed by atoms with Crippen LogP contribution in [0.2, 0.25) is 0 Å². The van der Waals surface area contributed by atoms with E-state index in [1.54, 1.807) is 25.3 Å². The highest BCUT2D eigenvalue weighted by atomic mass is 19.1. The topological polar surface area (TPSA) is 85.3 Å². The first-order valence-electron chi connectivity index (χ1n) is 9.68. The van der Waals surface area contributed by atoms with Crippen molar-refractivity contribution in [3.05, 3.63) is 65.0 Å². The lowest BCUT2D eigenvalue weighted by Gasteiger charge is -2.25. The summed E-state index contributed by atoms with van der Waals surface area (Å²) in [5, 5.41) is 11.1. The number of carbonyl (C=O) groups is 2. The van der Waals surface area contributed by atoms with Gasteiger partial charge in [-0.3, -0.25) is 9.59 Å². The highest BCUT2D eigenvalue weighted by Crippen LogP contribution is 2.41. The lowest BCUT2D eigenvalue weighted by molar-refractivity contribution is -0.140. The van der Waals surface area contributed by atoms with Gasteiger partial charge < -0.3 is 24.2 Å². The fourth-order valence-electron chi connectivity index (χ4n) is 3.62. The SMILES string of the molecule is COCCCN1C(=O)C(=O)/C(=C(\O)c2ccc(OC)cc2OC)C1c1ccc(F)cc1. The van der Waals surface area contributed by atoms with Crippen LogP contribution in [0.5, 0.6) is 11.5 Å². The van der Waals surface area contributed by atoms with Gasteiger partial charge in [0.1, 0.15) is 23.1 Å². The molecule has 1 atom stereocenters. The maximum Gasteiger partial charge on any atom is 0.295 e. The minimum atomic E-state index is -0.871. The summed E-state index contributed by atoms with van der Waals surface area (Å²) in [6.45, 7) is 0.627. The number of nitrogens with zero attached hydrogens (tertiary/aromatic N) is 1. The number of amides is 1. The van der Waals surface area contributed by atoms with Gasteiger partial charge in [0.2, 0.25) is 0 Å². The van der Waals surface area contributed by atoms with Crippen LogP contribution in [0.1, 0.15) is 23.6 Å². The molecule has 0 bridgehead atoms. The van der Waals surface area contributed by atoms with Crippen molar-refractivity contribution in [2.24, 2.45) is 0 Å². The number of benzene rings is 2. The predicted octanol–water partition coefficient (Wildman–Crippen LogP) is 3.30. The molecular formula is C23H24FNO6. The molecule has 0 aromatic heterocycles. The summed E-state index contributed by atoms with van der Waals surface area (Å²) in [4.78, 5) is 27.1. The van der Waals surface area contributed by atoms with Crippen molar-refractivity contribution < 1.29 is 33.3 Å². The van der Waals surface area contributed by atoms with Gasteiger partial charge in [0.25, 0.3) is 11.7 Å². The van der Waals surface area contributed by atoms with Gasteiger partial charge >= 0.3 is 0 Å². The number of hydrogen-bond acceptors (Lipinski definition) is 6. The fourth-order valence-corrected chi connectivity index (χ4v) is 3.62. The Hall–Kier alpha value is -3.39. The Labute approximate surface area is 179 Å². The average Bonchev–Trinajstić information content (AvgIpc) is 3.03. The summed E-state index contributed by atoms with van der Waals surface area (Å²) in [5.74, 6) is -1.59. The standard InChI is InChI=1S/C23H24FNO6/c1-29-12-4-11-25-20(14-5-7-15(24)8-6-14)19(22(27)23(25)28)21(26)17-10-9-16(30-2)13-18(17)31-3/h5-10,13,20,26H,4,11-12H2,1-3H3/b21-19-. The summed E-state index contributed by atoms with van der Waals surface area (Å²) < 4.78 is 29.1. The van der Waals surface area contributed by atoms with Crippen molar-refractivity contribution in [2.75, 3.05) is 34.5 Å². The van der Waals surface area contributed by atoms with Crippen molar-refractivity contribution in [2.45, 2.75) is 12.5 Å². The van der Waals surface area contributed by atoms with Crippen LogP contribution in [-0.2, 0) is 14.3 Å². The first-order chi connectivity index (χ1) is 14.9. The number of Topliss-reactive ketones (excluding diaryl/α,β-unsaturated/α-hetero) is 1. The number of methoxy groups -OCH3 is 3. The van der Waals surface area contributed by atoms with Gasteiger partial charge in [-0.25, -0.2) is 4.39 Å². The first kappa shape index (κ1) is 22.3. The lowest BCUT2D eigenvalue weighted by Crippen LogP contribution is -2.31. The Balaban J connectivity index is 2.16. The van der Waals surface area contributed by atoms with Crippen LogP contribution in [0.25, 0.3) is 5.76 Å². The molecule has 1 heterocycles. The van der Waals surface area contributed by atoms with Crippen LogP contribution in [-0.4, -0.2) is 56.2 Å². The van der Waals surface area contributed by atoms with E-state index in [0.717, 1.165) is 0 Å². The third-order valence-electron chi connectivity index (χ3n) is 5.14. The number of likely N-dealkylation sites (tertiary alicyclic amines) is 1. The van der Waals surface area contributed by atoms with E-state index in [2.05, 4.69) is 0 Å². The molecule has 1 N–H and O–H groups in total. The molecule has 31 heavy (non-hydrogen) atoms. The lowest BCUT2D eigenvalue weighted by atomic mass is 9.95. The Morgan fingerprint density at radius 2 is 1.77 bits per heavy atom. The molecule has 7 nitrogen and oxygen atoms in total. The minimum absolute atomic E-state index is 0.0857. The van der Waals surface area contributed by atoms with E-state index in [-0.39, 0.29) is 29.2 Å². The summed E-state index contributed by atoms with van der Waals surface area (Å²) in [6, 6.07) is 9.34. The molecule has 2 aromatic carbocycles. The van der Waals surface area contributed by atoms with Crippen LogP contribution in [0, 0.1) is 5.82 Å². The molecule has 0 radical (unpaired) electrons. The van der Waals surface area contributed by atoms with Crippen molar-refractivity contribution >= 4 is 17.4 Å². The number of hydrogen-bond donors (Lipinski definition) is 1. The van der Waals surface area contributed by atoms with E-state index in [9.17, 15) is 19.1 Å². The van der Waals surface area contributed by atoms with E-state index in [0.29, 0.717) is 24.3 Å². The molecule has 2 aromatic rings. The van der Waals surface area contributed by atoms with Gasteiger partial charge in [0, 0.05) is 26.3 Å². The normalized spacial score (nSPS) is 17.8. The Bertz CT molecular complexity index is 1000. The van der Waals surface area contributed by atoms with Gasteiger partial charge in [-0.05, 0) is 36.2 Å². The second-order valence-corrected chi connectivity index (χ2v) is 6.96. The second-order valence-electron chi connectivity index (χ2n) is 6.96. The number of aliphatic hydroxyl groups excluding tert-OH is 1. The van der Waals surface area contributed by atoms with E-state index in [1.165, 1.54) is 43.4 Å². The maximum atomic E-state index is 13.5. The first-order valence-corrected chi connectivity index (χ1v) is 9.68. The Morgan fingerprint density at radius 1 is 1.06 bits per heavy atom. The van der Waals surface area contributed by atoms with E-state index >= 15 is 0 Å². The molecule has 0 saturated carbocycles. The minimum Gasteiger partial charge on any atom is -0.507 e. The summed E-state index contributed by atoms with van der Waals surface area (Å²) in [6.07, 6.45) is 0.493. The van der Waals surface area contributed by atoms with Crippen LogP contribution in [0.3, 0.4) is 0 Å². The molecule has 8 heteroatoms. The van der Waals surface area contributed by atoms with Gasteiger partial charge in [0.05, 0.1) is 31.4 Å². The molecule has 1 fully saturated rings. The molecule has 1 saturated heterocycles. The third kappa shape index (κ3) is 4.39. The zero-order valence-corrected chi connectivity index (χ0v) is 17.6. The smallest absolute Gasteiger partial charge is 0.295 e. The van der Waals surface area contributed by atoms with E-state index in [4.69, 9.17) is 14.2 Å². The van der Waals surface area contributed by atoms with E-state index < -0.39 is 23.5 Å². The molecule has 0 spiro atoms. The number of ketones is 1. The van der Waals surface area contributed by atoms with E-state index in [1.807, 2.05) is 0 Å². The molecule has 0 aliphatic carbocycles. The number of aliphatic hydroxyl groups is 1. The van der Waals surface area contributed by atoms with Crippen molar-refractivity contribution in [3.8, 4) is 11.5 Å². The summed E-state index contributed by atoms with van der Waals surface area (Å²) in [7, 11) is 4.46. The van der Waals surface area contributed by atoms with Crippen LogP contribution in [0.4, 0.5) is 4.39 Å². The average molecular weight is 429 g/mol. The molecular weight excluding hydrogens is 405 g/mol. The van der Waals surface area contributed by atoms with Gasteiger partial charge in [0.15, 0.2) is 0 Å². The second kappa shape index (κ2) is 9.61. The highest BCUT2D eigenvalue weighted by Gasteiger charge is 2.46. The van der Waals surface area contributed by atoms with Crippen LogP contribution >= 0.6 is 0 Å². The highest BCUT2D eigenvalue weighted by molar-refractivity contribution is 6.46. The molecule has 3 rings (SSSR count). The van der Waals surface area contributed by atoms with Crippen LogP contribution in [0.15, 0.2) is 48.0 Å². The number of ether oxygens (including phenoxy) is 3. The molecule has 1 unspecified atom stereocenters. The van der Waals surface area contributed by atoms with Gasteiger partial charge in [-0.15, -0.1) is 0 Å². The number of carbonyl (C=O) groups excluding carboxylic acids is 2.